The molecule has 0 bridgehead atoms. The Labute approximate surface area is 104 Å². The molecule has 0 spiro atoms. The number of likely N-dealkylation sites (N-methyl/N-ethyl adjacent to an activating group) is 1. The molecule has 1 heterocycles. The van der Waals surface area contributed by atoms with E-state index in [9.17, 15) is 9.59 Å². The van der Waals surface area contributed by atoms with Gasteiger partial charge in [-0.05, 0) is 13.0 Å². The maximum atomic E-state index is 12.2. The molecule has 0 atom stereocenters. The van der Waals surface area contributed by atoms with Gasteiger partial charge in [-0.3, -0.25) is 9.59 Å². The van der Waals surface area contributed by atoms with E-state index >= 15 is 0 Å². The third-order valence-electron chi connectivity index (χ3n) is 2.81. The number of fused-ring (bicyclic) bond motifs is 1. The number of benzene rings is 1. The van der Waals surface area contributed by atoms with Gasteiger partial charge in [0.2, 0.25) is 0 Å². The highest BCUT2D eigenvalue weighted by molar-refractivity contribution is 6.07. The molecule has 0 aliphatic rings. The molecule has 5 nitrogen and oxygen atoms in total. The number of amides is 1. The monoisotopic (exact) mass is 246 g/mol. The Balaban J connectivity index is 2.35. The van der Waals surface area contributed by atoms with Gasteiger partial charge in [0, 0.05) is 23.6 Å². The van der Waals surface area contributed by atoms with Crippen molar-refractivity contribution in [2.75, 3.05) is 13.1 Å². The molecule has 0 aliphatic heterocycles. The van der Waals surface area contributed by atoms with Gasteiger partial charge >= 0.3 is 5.97 Å². The highest BCUT2D eigenvalue weighted by Crippen LogP contribution is 2.19. The van der Waals surface area contributed by atoms with Gasteiger partial charge < -0.3 is 15.0 Å². The molecular formula is C13H14N2O3. The molecule has 2 aromatic rings. The fourth-order valence-corrected chi connectivity index (χ4v) is 1.91. The van der Waals surface area contributed by atoms with Gasteiger partial charge in [0.1, 0.15) is 6.54 Å². The number of aromatic nitrogens is 1. The van der Waals surface area contributed by atoms with E-state index in [-0.39, 0.29) is 12.5 Å². The van der Waals surface area contributed by atoms with Crippen LogP contribution in [0.2, 0.25) is 0 Å². The third kappa shape index (κ3) is 2.20. The van der Waals surface area contributed by atoms with Crippen LogP contribution in [0.15, 0.2) is 30.5 Å². The number of hydrogen-bond acceptors (Lipinski definition) is 2. The van der Waals surface area contributed by atoms with Crippen LogP contribution in [0.4, 0.5) is 0 Å². The lowest BCUT2D eigenvalue weighted by Gasteiger charge is -2.17. The number of carboxylic acids is 1. The van der Waals surface area contributed by atoms with Gasteiger partial charge in [-0.1, -0.05) is 18.2 Å². The Hall–Kier alpha value is -2.30. The lowest BCUT2D eigenvalue weighted by Crippen LogP contribution is -2.35. The van der Waals surface area contributed by atoms with E-state index < -0.39 is 5.97 Å². The van der Waals surface area contributed by atoms with Crippen LogP contribution < -0.4 is 0 Å². The van der Waals surface area contributed by atoms with Gasteiger partial charge in [0.25, 0.3) is 5.91 Å². The topological polar surface area (TPSA) is 73.4 Å². The second-order valence-corrected chi connectivity index (χ2v) is 3.96. The number of para-hydroxylation sites is 1. The summed E-state index contributed by atoms with van der Waals surface area (Å²) in [5.41, 5.74) is 1.38. The van der Waals surface area contributed by atoms with Gasteiger partial charge in [-0.2, -0.15) is 0 Å². The molecular weight excluding hydrogens is 232 g/mol. The number of nitrogens with zero attached hydrogens (tertiary/aromatic N) is 1. The highest BCUT2D eigenvalue weighted by atomic mass is 16.4. The largest absolute Gasteiger partial charge is 0.480 e. The summed E-state index contributed by atoms with van der Waals surface area (Å²) in [4.78, 5) is 27.2. The van der Waals surface area contributed by atoms with Crippen molar-refractivity contribution in [3.63, 3.8) is 0 Å². The summed E-state index contributed by atoms with van der Waals surface area (Å²) in [6.45, 7) is 1.84. The van der Waals surface area contributed by atoms with Crippen molar-refractivity contribution in [1.29, 1.82) is 0 Å². The van der Waals surface area contributed by atoms with E-state index in [0.717, 1.165) is 10.9 Å². The fourth-order valence-electron chi connectivity index (χ4n) is 1.91. The number of carboxylic acid groups (broad SMARTS) is 1. The van der Waals surface area contributed by atoms with E-state index in [1.54, 1.807) is 13.1 Å². The standard InChI is InChI=1S/C13H14N2O3/c1-2-15(8-12(16)17)13(18)10-7-14-11-6-4-3-5-9(10)11/h3-7,14H,2,8H2,1H3,(H,16,17). The maximum Gasteiger partial charge on any atom is 0.323 e. The first-order valence-electron chi connectivity index (χ1n) is 5.70. The third-order valence-corrected chi connectivity index (χ3v) is 2.81. The smallest absolute Gasteiger partial charge is 0.323 e. The van der Waals surface area contributed by atoms with Gasteiger partial charge in [-0.25, -0.2) is 0 Å². The lowest BCUT2D eigenvalue weighted by atomic mass is 10.1. The average molecular weight is 246 g/mol. The van der Waals surface area contributed by atoms with Crippen molar-refractivity contribution in [3.8, 4) is 0 Å². The SMILES string of the molecule is CCN(CC(=O)O)C(=O)c1c[nH]c2ccccc12. The number of carbonyl (C=O) groups is 2. The van der Waals surface area contributed by atoms with Crippen LogP contribution in [0.1, 0.15) is 17.3 Å². The van der Waals surface area contributed by atoms with Gasteiger partial charge in [-0.15, -0.1) is 0 Å². The normalized spacial score (nSPS) is 10.5. The average Bonchev–Trinajstić information content (AvgIpc) is 2.78. The molecule has 94 valence electrons. The summed E-state index contributed by atoms with van der Waals surface area (Å²) in [5, 5.41) is 9.58. The van der Waals surface area contributed by atoms with Crippen molar-refractivity contribution in [1.82, 2.24) is 9.88 Å². The van der Waals surface area contributed by atoms with E-state index in [2.05, 4.69) is 4.98 Å². The first kappa shape index (κ1) is 12.2. The molecule has 2 rings (SSSR count). The maximum absolute atomic E-state index is 12.2. The number of aliphatic carboxylic acids is 1. The second kappa shape index (κ2) is 4.91. The molecule has 0 fully saturated rings. The quantitative estimate of drug-likeness (QED) is 0.862. The van der Waals surface area contributed by atoms with Crippen LogP contribution in [0, 0.1) is 0 Å². The Kier molecular flexibility index (Phi) is 3.32. The van der Waals surface area contributed by atoms with Crippen molar-refractivity contribution in [3.05, 3.63) is 36.0 Å². The Morgan fingerprint density at radius 1 is 1.33 bits per heavy atom. The molecule has 0 saturated heterocycles. The molecule has 1 aromatic heterocycles. The summed E-state index contributed by atoms with van der Waals surface area (Å²) in [6.07, 6.45) is 1.62. The molecule has 18 heavy (non-hydrogen) atoms. The molecule has 0 unspecified atom stereocenters. The number of hydrogen-bond donors (Lipinski definition) is 2. The van der Waals surface area contributed by atoms with Crippen molar-refractivity contribution in [2.45, 2.75) is 6.92 Å². The fraction of sp³-hybridized carbons (Fsp3) is 0.231. The molecule has 2 N–H and O–H groups in total. The molecule has 1 amide bonds. The zero-order valence-electron chi connectivity index (χ0n) is 10.0. The minimum absolute atomic E-state index is 0.266. The van der Waals surface area contributed by atoms with E-state index in [0.29, 0.717) is 12.1 Å². The van der Waals surface area contributed by atoms with Crippen LogP contribution in [0.5, 0.6) is 0 Å². The molecule has 0 aliphatic carbocycles. The minimum Gasteiger partial charge on any atom is -0.480 e. The summed E-state index contributed by atoms with van der Waals surface area (Å²) < 4.78 is 0. The van der Waals surface area contributed by atoms with Crippen LogP contribution in [-0.2, 0) is 4.79 Å². The molecule has 5 heteroatoms. The van der Waals surface area contributed by atoms with Gasteiger partial charge in [0.15, 0.2) is 0 Å². The van der Waals surface area contributed by atoms with E-state index in [1.165, 1.54) is 4.90 Å². The highest BCUT2D eigenvalue weighted by Gasteiger charge is 2.19. The zero-order valence-corrected chi connectivity index (χ0v) is 10.0. The first-order valence-corrected chi connectivity index (χ1v) is 5.70. The lowest BCUT2D eigenvalue weighted by molar-refractivity contribution is -0.137. The number of rotatable bonds is 4. The predicted molar refractivity (Wildman–Crippen MR) is 67.5 cm³/mol. The predicted octanol–water partition coefficient (Wildman–Crippen LogP) is 1.71. The molecule has 0 saturated carbocycles. The Bertz CT molecular complexity index is 589. The number of nitrogens with one attached hydrogen (secondary N) is 1. The van der Waals surface area contributed by atoms with E-state index in [1.807, 2.05) is 24.3 Å². The van der Waals surface area contributed by atoms with Crippen LogP contribution in [0.3, 0.4) is 0 Å². The number of aromatic amines is 1. The minimum atomic E-state index is -1.01. The zero-order chi connectivity index (χ0) is 13.1. The second-order valence-electron chi connectivity index (χ2n) is 3.96. The summed E-state index contributed by atoms with van der Waals surface area (Å²) in [5.74, 6) is -1.28. The van der Waals surface area contributed by atoms with Crippen molar-refractivity contribution < 1.29 is 14.7 Å². The summed E-state index contributed by atoms with van der Waals surface area (Å²) in [6, 6.07) is 7.44. The number of carbonyl (C=O) groups excluding carboxylic acids is 1. The van der Waals surface area contributed by atoms with Crippen LogP contribution in [-0.4, -0.2) is 40.0 Å². The Morgan fingerprint density at radius 2 is 2.06 bits per heavy atom. The molecule has 1 aromatic carbocycles. The van der Waals surface area contributed by atoms with Crippen molar-refractivity contribution in [2.24, 2.45) is 0 Å². The Morgan fingerprint density at radius 3 is 2.72 bits per heavy atom. The van der Waals surface area contributed by atoms with Crippen LogP contribution >= 0.6 is 0 Å². The molecule has 0 radical (unpaired) electrons. The summed E-state index contributed by atoms with van der Waals surface area (Å²) >= 11 is 0. The first-order chi connectivity index (χ1) is 8.63. The number of H-pyrrole nitrogens is 1. The van der Waals surface area contributed by atoms with E-state index in [4.69, 9.17) is 5.11 Å². The van der Waals surface area contributed by atoms with Crippen molar-refractivity contribution >= 4 is 22.8 Å². The summed E-state index contributed by atoms with van der Waals surface area (Å²) in [7, 11) is 0. The van der Waals surface area contributed by atoms with Gasteiger partial charge in [0.05, 0.1) is 5.56 Å². The van der Waals surface area contributed by atoms with Crippen LogP contribution in [0.25, 0.3) is 10.9 Å².